The fourth-order valence-corrected chi connectivity index (χ4v) is 1.96. The van der Waals surface area contributed by atoms with Gasteiger partial charge in [-0.1, -0.05) is 68.5 Å². The Morgan fingerprint density at radius 3 is 2.16 bits per heavy atom. The molecule has 0 spiro atoms. The molecule has 2 N–H and O–H groups in total. The fraction of sp³-hybridized carbons (Fsp3) is 0.176. The Hall–Kier alpha value is -2.22. The molecule has 0 radical (unpaired) electrons. The molecule has 0 aliphatic rings. The standard InChI is InChI=1S/C17H18O2/c1-12(2)15-11-10-14(16(18)17(15)19)9-8-13-6-4-3-5-7-13/h3-12,18-19H,1-2H3/b9-8+. The van der Waals surface area contributed by atoms with E-state index in [0.29, 0.717) is 5.56 Å². The lowest BCUT2D eigenvalue weighted by Gasteiger charge is -2.11. The smallest absolute Gasteiger partial charge is 0.165 e. The lowest BCUT2D eigenvalue weighted by atomic mass is 9.99. The molecule has 0 amide bonds. The minimum Gasteiger partial charge on any atom is -0.504 e. The first-order valence-corrected chi connectivity index (χ1v) is 6.37. The molecular weight excluding hydrogens is 236 g/mol. The van der Waals surface area contributed by atoms with Crippen molar-refractivity contribution >= 4 is 12.2 Å². The van der Waals surface area contributed by atoms with Gasteiger partial charge >= 0.3 is 0 Å². The van der Waals surface area contributed by atoms with Gasteiger partial charge in [0.1, 0.15) is 0 Å². The minimum absolute atomic E-state index is 0.0230. The summed E-state index contributed by atoms with van der Waals surface area (Å²) >= 11 is 0. The largest absolute Gasteiger partial charge is 0.504 e. The van der Waals surface area contributed by atoms with Crippen LogP contribution in [0.25, 0.3) is 12.2 Å². The van der Waals surface area contributed by atoms with Crippen LogP contribution in [0.2, 0.25) is 0 Å². The van der Waals surface area contributed by atoms with Crippen LogP contribution in [0.3, 0.4) is 0 Å². The molecule has 0 aliphatic heterocycles. The van der Waals surface area contributed by atoms with Gasteiger partial charge in [0.15, 0.2) is 11.5 Å². The Morgan fingerprint density at radius 2 is 1.53 bits per heavy atom. The van der Waals surface area contributed by atoms with Crippen molar-refractivity contribution in [1.29, 1.82) is 0 Å². The third-order valence-electron chi connectivity index (χ3n) is 3.09. The van der Waals surface area contributed by atoms with Crippen molar-refractivity contribution in [2.24, 2.45) is 0 Å². The van der Waals surface area contributed by atoms with E-state index in [-0.39, 0.29) is 17.4 Å². The van der Waals surface area contributed by atoms with Crippen LogP contribution in [0, 0.1) is 0 Å². The predicted molar refractivity (Wildman–Crippen MR) is 79.2 cm³/mol. The first kappa shape index (κ1) is 13.2. The van der Waals surface area contributed by atoms with Gasteiger partial charge in [0, 0.05) is 11.1 Å². The fourth-order valence-electron chi connectivity index (χ4n) is 1.96. The van der Waals surface area contributed by atoms with Crippen LogP contribution in [0.1, 0.15) is 36.5 Å². The maximum Gasteiger partial charge on any atom is 0.165 e. The molecule has 0 aliphatic carbocycles. The minimum atomic E-state index is -0.0571. The molecule has 2 heteroatoms. The number of rotatable bonds is 3. The number of benzene rings is 2. The molecule has 98 valence electrons. The first-order chi connectivity index (χ1) is 9.09. The number of aromatic hydroxyl groups is 2. The third-order valence-corrected chi connectivity index (χ3v) is 3.09. The molecule has 0 aromatic heterocycles. The molecule has 0 saturated heterocycles. The summed E-state index contributed by atoms with van der Waals surface area (Å²) in [6, 6.07) is 13.5. The quantitative estimate of drug-likeness (QED) is 0.630. The molecule has 0 atom stereocenters. The lowest BCUT2D eigenvalue weighted by Crippen LogP contribution is -1.89. The van der Waals surface area contributed by atoms with Crippen molar-refractivity contribution in [3.63, 3.8) is 0 Å². The molecular formula is C17H18O2. The topological polar surface area (TPSA) is 40.5 Å². The average Bonchev–Trinajstić information content (AvgIpc) is 2.41. The molecule has 2 nitrogen and oxygen atoms in total. The van der Waals surface area contributed by atoms with Gasteiger partial charge in [0.25, 0.3) is 0 Å². The SMILES string of the molecule is CC(C)c1ccc(/C=C/c2ccccc2)c(O)c1O. The number of hydrogen-bond donors (Lipinski definition) is 2. The van der Waals surface area contributed by atoms with Crippen LogP contribution in [0.4, 0.5) is 0 Å². The molecule has 0 bridgehead atoms. The summed E-state index contributed by atoms with van der Waals surface area (Å²) in [4.78, 5) is 0. The normalized spacial score (nSPS) is 11.3. The van der Waals surface area contributed by atoms with Crippen molar-refractivity contribution < 1.29 is 10.2 Å². The zero-order chi connectivity index (χ0) is 13.8. The molecule has 2 rings (SSSR count). The summed E-state index contributed by atoms with van der Waals surface area (Å²) < 4.78 is 0. The van der Waals surface area contributed by atoms with E-state index in [1.165, 1.54) is 0 Å². The van der Waals surface area contributed by atoms with E-state index in [1.54, 1.807) is 6.08 Å². The summed E-state index contributed by atoms with van der Waals surface area (Å²) in [5.74, 6) is 0.0987. The first-order valence-electron chi connectivity index (χ1n) is 6.37. The second-order valence-corrected chi connectivity index (χ2v) is 4.84. The Labute approximate surface area is 113 Å². The average molecular weight is 254 g/mol. The molecule has 2 aromatic rings. The van der Waals surface area contributed by atoms with Gasteiger partial charge in [-0.3, -0.25) is 0 Å². The van der Waals surface area contributed by atoms with Gasteiger partial charge in [0.05, 0.1) is 0 Å². The highest BCUT2D eigenvalue weighted by Gasteiger charge is 2.12. The van der Waals surface area contributed by atoms with E-state index in [1.807, 2.05) is 62.4 Å². The van der Waals surface area contributed by atoms with Gasteiger partial charge in [-0.15, -0.1) is 0 Å². The summed E-state index contributed by atoms with van der Waals surface area (Å²) in [5, 5.41) is 20.0. The molecule has 19 heavy (non-hydrogen) atoms. The molecule has 2 aromatic carbocycles. The van der Waals surface area contributed by atoms with Gasteiger partial charge < -0.3 is 10.2 Å². The summed E-state index contributed by atoms with van der Waals surface area (Å²) in [5.41, 5.74) is 2.43. The molecule has 0 saturated carbocycles. The van der Waals surface area contributed by atoms with Crippen LogP contribution in [-0.4, -0.2) is 10.2 Å². The van der Waals surface area contributed by atoms with Crippen LogP contribution in [0.15, 0.2) is 42.5 Å². The Kier molecular flexibility index (Phi) is 3.91. The second kappa shape index (κ2) is 5.61. The zero-order valence-corrected chi connectivity index (χ0v) is 11.2. The van der Waals surface area contributed by atoms with Crippen LogP contribution < -0.4 is 0 Å². The summed E-state index contributed by atoms with van der Waals surface area (Å²) in [6.07, 6.45) is 3.71. The molecule has 0 heterocycles. The Balaban J connectivity index is 2.32. The zero-order valence-electron chi connectivity index (χ0n) is 11.2. The van der Waals surface area contributed by atoms with Crippen molar-refractivity contribution in [3.05, 3.63) is 59.2 Å². The number of phenolic OH excluding ortho intramolecular Hbond substituents is 2. The third kappa shape index (κ3) is 2.97. The van der Waals surface area contributed by atoms with E-state index >= 15 is 0 Å². The summed E-state index contributed by atoms with van der Waals surface area (Å²) in [6.45, 7) is 3.96. The maximum atomic E-state index is 10.0. The molecule has 0 unspecified atom stereocenters. The Morgan fingerprint density at radius 1 is 0.842 bits per heavy atom. The van der Waals surface area contributed by atoms with E-state index in [9.17, 15) is 10.2 Å². The maximum absolute atomic E-state index is 10.0. The van der Waals surface area contributed by atoms with Crippen LogP contribution in [0.5, 0.6) is 11.5 Å². The highest BCUT2D eigenvalue weighted by atomic mass is 16.3. The Bertz CT molecular complexity index is 584. The van der Waals surface area contributed by atoms with E-state index in [2.05, 4.69) is 0 Å². The van der Waals surface area contributed by atoms with Gasteiger partial charge in [0.2, 0.25) is 0 Å². The van der Waals surface area contributed by atoms with Crippen molar-refractivity contribution in [1.82, 2.24) is 0 Å². The van der Waals surface area contributed by atoms with Crippen molar-refractivity contribution in [2.75, 3.05) is 0 Å². The number of hydrogen-bond acceptors (Lipinski definition) is 2. The van der Waals surface area contributed by atoms with Crippen molar-refractivity contribution in [2.45, 2.75) is 19.8 Å². The van der Waals surface area contributed by atoms with Gasteiger partial charge in [-0.25, -0.2) is 0 Å². The van der Waals surface area contributed by atoms with Gasteiger partial charge in [-0.2, -0.15) is 0 Å². The highest BCUT2D eigenvalue weighted by Crippen LogP contribution is 2.37. The lowest BCUT2D eigenvalue weighted by molar-refractivity contribution is 0.397. The monoisotopic (exact) mass is 254 g/mol. The molecule has 0 fully saturated rings. The highest BCUT2D eigenvalue weighted by molar-refractivity contribution is 5.74. The van der Waals surface area contributed by atoms with Crippen LogP contribution in [-0.2, 0) is 0 Å². The second-order valence-electron chi connectivity index (χ2n) is 4.84. The van der Waals surface area contributed by atoms with Crippen LogP contribution >= 0.6 is 0 Å². The van der Waals surface area contributed by atoms with Crippen molar-refractivity contribution in [3.8, 4) is 11.5 Å². The van der Waals surface area contributed by atoms with E-state index in [0.717, 1.165) is 11.1 Å². The predicted octanol–water partition coefficient (Wildman–Crippen LogP) is 4.39. The van der Waals surface area contributed by atoms with E-state index < -0.39 is 0 Å². The summed E-state index contributed by atoms with van der Waals surface area (Å²) in [7, 11) is 0. The van der Waals surface area contributed by atoms with Gasteiger partial charge in [-0.05, 0) is 11.5 Å². The number of phenols is 2. The van der Waals surface area contributed by atoms with E-state index in [4.69, 9.17) is 0 Å².